The van der Waals surface area contributed by atoms with E-state index in [1.807, 2.05) is 0 Å². The van der Waals surface area contributed by atoms with Crippen LogP contribution in [0.1, 0.15) is 28.8 Å². The lowest BCUT2D eigenvalue weighted by Gasteiger charge is -2.31. The molecule has 0 saturated carbocycles. The van der Waals surface area contributed by atoms with E-state index in [-0.39, 0.29) is 40.8 Å². The molecule has 0 unspecified atom stereocenters. The molecule has 33 heavy (non-hydrogen) atoms. The highest BCUT2D eigenvalue weighted by Gasteiger charge is 2.30. The smallest absolute Gasteiger partial charge is 0.289 e. The second kappa shape index (κ2) is 9.70. The number of thioether (sulfide) groups is 1. The number of carbonyl (C=O) groups excluding carboxylic acids is 4. The molecule has 2 aromatic carbocycles. The van der Waals surface area contributed by atoms with Gasteiger partial charge in [0.15, 0.2) is 0 Å². The van der Waals surface area contributed by atoms with E-state index < -0.39 is 17.5 Å². The SMILES string of the molecule is O=C(Nc1ccc(CN2C(=O)CSC2=O)cc1)C1CCN(C(=O)c2ccc(F)cc2F)CC1. The Kier molecular flexibility index (Phi) is 6.73. The van der Waals surface area contributed by atoms with Gasteiger partial charge in [0.1, 0.15) is 11.6 Å². The second-order valence-electron chi connectivity index (χ2n) is 7.91. The minimum atomic E-state index is -0.902. The number of anilines is 1. The van der Waals surface area contributed by atoms with Crippen LogP contribution in [0.5, 0.6) is 0 Å². The number of carbonyl (C=O) groups is 4. The van der Waals surface area contributed by atoms with E-state index in [2.05, 4.69) is 5.32 Å². The molecule has 0 radical (unpaired) electrons. The predicted molar refractivity (Wildman–Crippen MR) is 118 cm³/mol. The molecule has 7 nitrogen and oxygen atoms in total. The van der Waals surface area contributed by atoms with Gasteiger partial charge in [0.2, 0.25) is 11.8 Å². The third-order valence-corrected chi connectivity index (χ3v) is 6.58. The molecule has 2 fully saturated rings. The first-order chi connectivity index (χ1) is 15.8. The molecule has 0 bridgehead atoms. The first-order valence-corrected chi connectivity index (χ1v) is 11.4. The van der Waals surface area contributed by atoms with Crippen molar-refractivity contribution in [1.82, 2.24) is 9.80 Å². The molecule has 0 aromatic heterocycles. The Morgan fingerprint density at radius 3 is 2.33 bits per heavy atom. The fourth-order valence-corrected chi connectivity index (χ4v) is 4.56. The number of hydrogen-bond acceptors (Lipinski definition) is 5. The molecule has 2 heterocycles. The van der Waals surface area contributed by atoms with E-state index in [1.54, 1.807) is 24.3 Å². The summed E-state index contributed by atoms with van der Waals surface area (Å²) in [7, 11) is 0. The Morgan fingerprint density at radius 1 is 1.03 bits per heavy atom. The van der Waals surface area contributed by atoms with Crippen molar-refractivity contribution in [1.29, 1.82) is 0 Å². The number of hydrogen-bond donors (Lipinski definition) is 1. The average Bonchev–Trinajstić information content (AvgIpc) is 3.12. The maximum absolute atomic E-state index is 13.9. The van der Waals surface area contributed by atoms with Crippen LogP contribution in [-0.2, 0) is 16.1 Å². The van der Waals surface area contributed by atoms with Crippen molar-refractivity contribution in [2.24, 2.45) is 5.92 Å². The molecule has 10 heteroatoms. The van der Waals surface area contributed by atoms with Gasteiger partial charge < -0.3 is 10.2 Å². The van der Waals surface area contributed by atoms with Crippen molar-refractivity contribution in [3.05, 3.63) is 65.2 Å². The summed E-state index contributed by atoms with van der Waals surface area (Å²) in [6.07, 6.45) is 0.852. The summed E-state index contributed by atoms with van der Waals surface area (Å²) in [6.45, 7) is 0.783. The Hall–Kier alpha value is -3.27. The van der Waals surface area contributed by atoms with Gasteiger partial charge in [-0.05, 0) is 42.7 Å². The molecule has 2 saturated heterocycles. The van der Waals surface area contributed by atoms with Crippen molar-refractivity contribution < 1.29 is 28.0 Å². The number of rotatable bonds is 5. The molecular weight excluding hydrogens is 452 g/mol. The monoisotopic (exact) mass is 473 g/mol. The maximum Gasteiger partial charge on any atom is 0.289 e. The van der Waals surface area contributed by atoms with Crippen molar-refractivity contribution in [3.63, 3.8) is 0 Å². The van der Waals surface area contributed by atoms with E-state index >= 15 is 0 Å². The fraction of sp³-hybridized carbons (Fsp3) is 0.304. The van der Waals surface area contributed by atoms with Crippen molar-refractivity contribution in [2.75, 3.05) is 24.2 Å². The quantitative estimate of drug-likeness (QED) is 0.717. The molecule has 1 N–H and O–H groups in total. The largest absolute Gasteiger partial charge is 0.339 e. The Balaban J connectivity index is 1.29. The summed E-state index contributed by atoms with van der Waals surface area (Å²) in [5, 5.41) is 2.59. The zero-order valence-corrected chi connectivity index (χ0v) is 18.4. The highest BCUT2D eigenvalue weighted by atomic mass is 32.2. The third kappa shape index (κ3) is 5.22. The predicted octanol–water partition coefficient (Wildman–Crippen LogP) is 3.65. The van der Waals surface area contributed by atoms with Gasteiger partial charge in [0.05, 0.1) is 17.9 Å². The molecular formula is C23H21F2N3O4S. The summed E-state index contributed by atoms with van der Waals surface area (Å²) in [5.74, 6) is -2.70. The summed E-state index contributed by atoms with van der Waals surface area (Å²) in [6, 6.07) is 9.77. The van der Waals surface area contributed by atoms with Gasteiger partial charge in [-0.15, -0.1) is 0 Å². The minimum absolute atomic E-state index is 0.163. The third-order valence-electron chi connectivity index (χ3n) is 5.72. The Labute approximate surface area is 193 Å². The van der Waals surface area contributed by atoms with E-state index in [4.69, 9.17) is 0 Å². The topological polar surface area (TPSA) is 86.8 Å². The van der Waals surface area contributed by atoms with Crippen LogP contribution in [-0.4, -0.2) is 51.6 Å². The highest BCUT2D eigenvalue weighted by Crippen LogP contribution is 2.24. The number of amides is 4. The van der Waals surface area contributed by atoms with E-state index in [9.17, 15) is 28.0 Å². The molecule has 2 aliphatic heterocycles. The number of likely N-dealkylation sites (tertiary alicyclic amines) is 1. The van der Waals surface area contributed by atoms with Gasteiger partial charge in [-0.25, -0.2) is 8.78 Å². The van der Waals surface area contributed by atoms with Crippen LogP contribution in [0.3, 0.4) is 0 Å². The summed E-state index contributed by atoms with van der Waals surface area (Å²) in [5.41, 5.74) is 1.18. The number of piperidine rings is 1. The lowest BCUT2D eigenvalue weighted by atomic mass is 9.95. The van der Waals surface area contributed by atoms with Crippen LogP contribution in [0.2, 0.25) is 0 Å². The average molecular weight is 474 g/mol. The van der Waals surface area contributed by atoms with Crippen LogP contribution < -0.4 is 5.32 Å². The van der Waals surface area contributed by atoms with Crippen molar-refractivity contribution >= 4 is 40.4 Å². The summed E-state index contributed by atoms with van der Waals surface area (Å²) in [4.78, 5) is 51.2. The number of imide groups is 1. The number of nitrogens with one attached hydrogen (secondary N) is 1. The lowest BCUT2D eigenvalue weighted by Crippen LogP contribution is -2.41. The fourth-order valence-electron chi connectivity index (χ4n) is 3.83. The van der Waals surface area contributed by atoms with Crippen LogP contribution in [0.25, 0.3) is 0 Å². The normalized spacial score (nSPS) is 16.9. The number of nitrogens with zero attached hydrogens (tertiary/aromatic N) is 2. The van der Waals surface area contributed by atoms with Gasteiger partial charge in [-0.2, -0.15) is 0 Å². The van der Waals surface area contributed by atoms with E-state index in [0.717, 1.165) is 29.5 Å². The number of halogens is 2. The number of benzene rings is 2. The molecule has 172 valence electrons. The van der Waals surface area contributed by atoms with Crippen LogP contribution in [0.15, 0.2) is 42.5 Å². The molecule has 0 aliphatic carbocycles. The Bertz CT molecular complexity index is 1090. The molecule has 0 spiro atoms. The lowest BCUT2D eigenvalue weighted by molar-refractivity contribution is -0.125. The minimum Gasteiger partial charge on any atom is -0.339 e. The van der Waals surface area contributed by atoms with Gasteiger partial charge >= 0.3 is 0 Å². The van der Waals surface area contributed by atoms with Crippen molar-refractivity contribution in [3.8, 4) is 0 Å². The Morgan fingerprint density at radius 2 is 1.73 bits per heavy atom. The molecule has 2 aromatic rings. The molecule has 2 aliphatic rings. The van der Waals surface area contributed by atoms with Gasteiger partial charge in [0.25, 0.3) is 11.1 Å². The van der Waals surface area contributed by atoms with Crippen LogP contribution >= 0.6 is 11.8 Å². The zero-order valence-electron chi connectivity index (χ0n) is 17.6. The van der Waals surface area contributed by atoms with Crippen LogP contribution in [0, 0.1) is 17.6 Å². The summed E-state index contributed by atoms with van der Waals surface area (Å²) < 4.78 is 27.0. The van der Waals surface area contributed by atoms with Crippen LogP contribution in [0.4, 0.5) is 19.3 Å². The molecule has 0 atom stereocenters. The van der Waals surface area contributed by atoms with E-state index in [1.165, 1.54) is 9.80 Å². The van der Waals surface area contributed by atoms with Gasteiger partial charge in [-0.1, -0.05) is 23.9 Å². The zero-order chi connectivity index (χ0) is 23.5. The first-order valence-electron chi connectivity index (χ1n) is 10.4. The van der Waals surface area contributed by atoms with Gasteiger partial charge in [-0.3, -0.25) is 24.1 Å². The van der Waals surface area contributed by atoms with E-state index in [0.29, 0.717) is 37.7 Å². The second-order valence-corrected chi connectivity index (χ2v) is 8.84. The maximum atomic E-state index is 13.9. The standard InChI is InChI=1S/C23H21F2N3O4S/c24-16-3-6-18(19(25)11-16)22(31)27-9-7-15(8-10-27)21(30)26-17-4-1-14(2-5-17)12-28-20(29)13-33-23(28)32/h1-6,11,15H,7-10,12-13H2,(H,26,30). The highest BCUT2D eigenvalue weighted by molar-refractivity contribution is 8.14. The first kappa shape index (κ1) is 22.9. The molecule has 4 amide bonds. The summed E-state index contributed by atoms with van der Waals surface area (Å²) >= 11 is 0.984. The van der Waals surface area contributed by atoms with Gasteiger partial charge in [0, 0.05) is 30.8 Å². The molecule has 4 rings (SSSR count). The van der Waals surface area contributed by atoms with Crippen molar-refractivity contribution in [2.45, 2.75) is 19.4 Å².